The van der Waals surface area contributed by atoms with E-state index in [2.05, 4.69) is 15.3 Å². The molecule has 2 aromatic rings. The van der Waals surface area contributed by atoms with Crippen LogP contribution in [0.3, 0.4) is 0 Å². The summed E-state index contributed by atoms with van der Waals surface area (Å²) in [7, 11) is 0. The minimum Gasteiger partial charge on any atom is -0.444 e. The Bertz CT molecular complexity index is 1100. The van der Waals surface area contributed by atoms with Gasteiger partial charge in [-0.3, -0.25) is 15.0 Å². The molecule has 3 rings (SSSR count). The van der Waals surface area contributed by atoms with E-state index in [0.29, 0.717) is 17.3 Å². The predicted molar refractivity (Wildman–Crippen MR) is 113 cm³/mol. The Morgan fingerprint density at radius 3 is 2.48 bits per heavy atom. The van der Waals surface area contributed by atoms with E-state index >= 15 is 0 Å². The third-order valence-electron chi connectivity index (χ3n) is 4.74. The number of hydrogen-bond donors (Lipinski definition) is 1. The number of nitrogens with zero attached hydrogens (tertiary/aromatic N) is 4. The quantitative estimate of drug-likeness (QED) is 0.345. The van der Waals surface area contributed by atoms with Gasteiger partial charge < -0.3 is 10.1 Å². The summed E-state index contributed by atoms with van der Waals surface area (Å²) in [5.74, 6) is 0.212. The predicted octanol–water partition coefficient (Wildman–Crippen LogP) is 5.48. The van der Waals surface area contributed by atoms with E-state index in [0.717, 1.165) is 12.1 Å². The second-order valence-electron chi connectivity index (χ2n) is 8.54. The van der Waals surface area contributed by atoms with Crippen molar-refractivity contribution in [3.05, 3.63) is 56.0 Å². The van der Waals surface area contributed by atoms with Crippen LogP contribution in [0.25, 0.3) is 0 Å². The van der Waals surface area contributed by atoms with Crippen molar-refractivity contribution in [2.24, 2.45) is 0 Å². The van der Waals surface area contributed by atoms with E-state index < -0.39 is 40.1 Å². The molecule has 0 spiro atoms. The van der Waals surface area contributed by atoms with Gasteiger partial charge in [-0.05, 0) is 50.9 Å². The Labute approximate surface area is 192 Å². The smallest absolute Gasteiger partial charge is 0.416 e. The number of rotatable bonds is 4. The van der Waals surface area contributed by atoms with Crippen LogP contribution >= 0.6 is 11.6 Å². The molecule has 1 aliphatic rings. The Morgan fingerprint density at radius 1 is 1.24 bits per heavy atom. The second-order valence-corrected chi connectivity index (χ2v) is 8.88. The fourth-order valence-electron chi connectivity index (χ4n) is 3.24. The van der Waals surface area contributed by atoms with Crippen LogP contribution < -0.4 is 5.32 Å². The van der Waals surface area contributed by atoms with Crippen molar-refractivity contribution in [2.75, 3.05) is 5.32 Å². The van der Waals surface area contributed by atoms with Crippen molar-refractivity contribution in [1.82, 2.24) is 14.9 Å². The molecule has 0 aliphatic carbocycles. The van der Waals surface area contributed by atoms with Crippen LogP contribution in [0.1, 0.15) is 56.1 Å². The summed E-state index contributed by atoms with van der Waals surface area (Å²) in [6, 6.07) is 1.56. The number of nitro benzene ring substituents is 1. The molecule has 0 bridgehead atoms. The van der Waals surface area contributed by atoms with E-state index in [-0.39, 0.29) is 29.8 Å². The maximum absolute atomic E-state index is 13.2. The zero-order valence-corrected chi connectivity index (χ0v) is 18.9. The number of anilines is 1. The molecule has 1 aromatic carbocycles. The number of nitro groups is 1. The fourth-order valence-corrected chi connectivity index (χ4v) is 3.43. The van der Waals surface area contributed by atoms with Gasteiger partial charge in [-0.15, -0.1) is 0 Å². The number of aromatic nitrogens is 2. The number of benzene rings is 1. The van der Waals surface area contributed by atoms with Crippen molar-refractivity contribution < 1.29 is 27.6 Å². The van der Waals surface area contributed by atoms with Gasteiger partial charge in [0.1, 0.15) is 11.4 Å². The van der Waals surface area contributed by atoms with Crippen LogP contribution in [0, 0.1) is 10.1 Å². The largest absolute Gasteiger partial charge is 0.444 e. The van der Waals surface area contributed by atoms with Gasteiger partial charge in [-0.2, -0.15) is 13.2 Å². The van der Waals surface area contributed by atoms with Gasteiger partial charge >= 0.3 is 12.3 Å². The number of amides is 1. The second kappa shape index (κ2) is 8.65. The monoisotopic (exact) mass is 487 g/mol. The summed E-state index contributed by atoms with van der Waals surface area (Å²) in [5, 5.41) is 14.0. The average Bonchev–Trinajstić information content (AvgIpc) is 3.10. The van der Waals surface area contributed by atoms with E-state index in [4.69, 9.17) is 16.3 Å². The maximum atomic E-state index is 13.2. The summed E-state index contributed by atoms with van der Waals surface area (Å²) < 4.78 is 45.1. The van der Waals surface area contributed by atoms with E-state index in [9.17, 15) is 28.1 Å². The van der Waals surface area contributed by atoms with Gasteiger partial charge in [-0.1, -0.05) is 0 Å². The van der Waals surface area contributed by atoms with Crippen molar-refractivity contribution in [2.45, 2.75) is 58.6 Å². The molecule has 0 radical (unpaired) electrons. The third kappa shape index (κ3) is 5.81. The lowest BCUT2D eigenvalue weighted by molar-refractivity contribution is -0.385. The van der Waals surface area contributed by atoms with E-state index in [1.807, 2.05) is 0 Å². The fraction of sp³-hybridized carbons (Fsp3) is 0.450. The van der Waals surface area contributed by atoms with Gasteiger partial charge in [0.15, 0.2) is 0 Å². The Hall–Kier alpha value is -3.15. The highest BCUT2D eigenvalue weighted by Crippen LogP contribution is 2.36. The number of alkyl halides is 3. The van der Waals surface area contributed by atoms with Crippen LogP contribution in [0.5, 0.6) is 0 Å². The first kappa shape index (κ1) is 24.5. The molecular formula is C20H21ClF3N5O4. The Kier molecular flexibility index (Phi) is 6.42. The zero-order chi connectivity index (χ0) is 24.7. The highest BCUT2D eigenvalue weighted by atomic mass is 35.5. The van der Waals surface area contributed by atoms with Gasteiger partial charge in [0.25, 0.3) is 5.69 Å². The maximum Gasteiger partial charge on any atom is 0.416 e. The SMILES string of the molecule is C[C@@H](Nc1nc(Cl)nc2c1CN(C(=O)OC(C)(C)C)C2)c1cc([N+](=O)[O-])cc(C(F)(F)F)c1. The molecule has 33 heavy (non-hydrogen) atoms. The van der Waals surface area contributed by atoms with Crippen LogP contribution in [-0.4, -0.2) is 31.5 Å². The van der Waals surface area contributed by atoms with Crippen molar-refractivity contribution in [3.8, 4) is 0 Å². The molecule has 13 heteroatoms. The van der Waals surface area contributed by atoms with Crippen molar-refractivity contribution in [1.29, 1.82) is 0 Å². The third-order valence-corrected chi connectivity index (χ3v) is 4.91. The Morgan fingerprint density at radius 2 is 1.91 bits per heavy atom. The Balaban J connectivity index is 1.90. The molecule has 1 aromatic heterocycles. The van der Waals surface area contributed by atoms with Gasteiger partial charge in [-0.25, -0.2) is 14.8 Å². The summed E-state index contributed by atoms with van der Waals surface area (Å²) in [5.41, 5.74) is -1.51. The molecule has 0 fully saturated rings. The number of non-ortho nitro benzene ring substituents is 1. The molecule has 1 amide bonds. The van der Waals surface area contributed by atoms with Crippen LogP contribution in [-0.2, 0) is 24.0 Å². The standard InChI is InChI=1S/C20H21ClF3N5O4/c1-10(11-5-12(20(22,23)24)7-13(6-11)29(31)32)25-16-14-8-28(18(30)33-19(2,3)4)9-15(14)26-17(21)27-16/h5-7,10H,8-9H2,1-4H3,(H,25,26,27)/t10-/m1/s1. The topological polar surface area (TPSA) is 110 Å². The molecule has 1 N–H and O–H groups in total. The molecule has 0 saturated carbocycles. The lowest BCUT2D eigenvalue weighted by atomic mass is 10.0. The first-order valence-corrected chi connectivity index (χ1v) is 10.2. The van der Waals surface area contributed by atoms with Gasteiger partial charge in [0.2, 0.25) is 5.28 Å². The number of halogens is 4. The van der Waals surface area contributed by atoms with Crippen LogP contribution in [0.2, 0.25) is 5.28 Å². The number of carbonyl (C=O) groups excluding carboxylic acids is 1. The number of hydrogen-bond acceptors (Lipinski definition) is 7. The molecular weight excluding hydrogens is 467 g/mol. The van der Waals surface area contributed by atoms with E-state index in [1.165, 1.54) is 11.8 Å². The number of ether oxygens (including phenoxy) is 1. The number of fused-ring (bicyclic) bond motifs is 1. The van der Waals surface area contributed by atoms with E-state index in [1.54, 1.807) is 20.8 Å². The minimum atomic E-state index is -4.76. The zero-order valence-electron chi connectivity index (χ0n) is 18.2. The normalized spacial score (nSPS) is 14.6. The number of nitrogens with one attached hydrogen (secondary N) is 1. The average molecular weight is 488 g/mol. The minimum absolute atomic E-state index is 0.0296. The van der Waals surface area contributed by atoms with Gasteiger partial charge in [0, 0.05) is 17.7 Å². The first-order chi connectivity index (χ1) is 15.1. The van der Waals surface area contributed by atoms with Crippen molar-refractivity contribution in [3.63, 3.8) is 0 Å². The molecule has 0 saturated heterocycles. The highest BCUT2D eigenvalue weighted by molar-refractivity contribution is 6.28. The lowest BCUT2D eigenvalue weighted by Crippen LogP contribution is -2.33. The highest BCUT2D eigenvalue weighted by Gasteiger charge is 2.34. The molecule has 1 atom stereocenters. The van der Waals surface area contributed by atoms with Crippen LogP contribution in [0.15, 0.2) is 18.2 Å². The lowest BCUT2D eigenvalue weighted by Gasteiger charge is -2.24. The molecule has 178 valence electrons. The summed E-state index contributed by atoms with van der Waals surface area (Å²) in [4.78, 5) is 32.3. The molecule has 0 unspecified atom stereocenters. The van der Waals surface area contributed by atoms with Crippen molar-refractivity contribution >= 4 is 29.2 Å². The molecule has 2 heterocycles. The summed E-state index contributed by atoms with van der Waals surface area (Å²) in [6.07, 6.45) is -5.32. The van der Waals surface area contributed by atoms with Crippen LogP contribution in [0.4, 0.5) is 29.5 Å². The summed E-state index contributed by atoms with van der Waals surface area (Å²) in [6.45, 7) is 6.93. The molecule has 1 aliphatic heterocycles. The number of carbonyl (C=O) groups is 1. The molecule has 9 nitrogen and oxygen atoms in total. The first-order valence-electron chi connectivity index (χ1n) is 9.80. The summed E-state index contributed by atoms with van der Waals surface area (Å²) >= 11 is 6.01. The van der Waals surface area contributed by atoms with Gasteiger partial charge in [0.05, 0.1) is 35.3 Å².